The first kappa shape index (κ1) is 18.8. The maximum absolute atomic E-state index is 13.1. The van der Waals surface area contributed by atoms with Crippen LogP contribution >= 0.6 is 11.8 Å². The van der Waals surface area contributed by atoms with E-state index >= 15 is 0 Å². The number of rotatable bonds is 4. The predicted molar refractivity (Wildman–Crippen MR) is 119 cm³/mol. The number of ether oxygens (including phenoxy) is 1. The van der Waals surface area contributed by atoms with Crippen LogP contribution in [-0.4, -0.2) is 22.8 Å². The van der Waals surface area contributed by atoms with Gasteiger partial charge in [-0.3, -0.25) is 4.79 Å². The second-order valence-corrected chi connectivity index (χ2v) is 8.38. The number of hydrogen-bond acceptors (Lipinski definition) is 5. The molecule has 0 saturated heterocycles. The van der Waals surface area contributed by atoms with Crippen molar-refractivity contribution in [2.45, 2.75) is 25.4 Å². The van der Waals surface area contributed by atoms with E-state index in [9.17, 15) is 4.79 Å². The molecule has 2 aromatic carbocycles. The Morgan fingerprint density at radius 2 is 2.03 bits per heavy atom. The van der Waals surface area contributed by atoms with E-state index in [0.29, 0.717) is 17.2 Å². The molecule has 1 aliphatic rings. The molecule has 1 amide bonds. The molecule has 0 bridgehead atoms. The van der Waals surface area contributed by atoms with Gasteiger partial charge in [0.15, 0.2) is 17.1 Å². The fraction of sp³-hybridized carbons (Fsp3) is 0.217. The highest BCUT2D eigenvalue weighted by Crippen LogP contribution is 2.37. The van der Waals surface area contributed by atoms with E-state index in [1.807, 2.05) is 28.9 Å². The highest BCUT2D eigenvalue weighted by Gasteiger charge is 2.26. The molecule has 0 atom stereocenters. The van der Waals surface area contributed by atoms with E-state index in [-0.39, 0.29) is 11.7 Å². The number of methoxy groups -OCH3 is 1. The molecule has 1 N–H and O–H groups in total. The number of furan rings is 1. The number of hydrogen-bond donors (Lipinski definition) is 1. The quantitative estimate of drug-likeness (QED) is 0.490. The predicted octanol–water partition coefficient (Wildman–Crippen LogP) is 5.24. The fourth-order valence-electron chi connectivity index (χ4n) is 3.66. The second kappa shape index (κ2) is 7.25. The van der Waals surface area contributed by atoms with Crippen molar-refractivity contribution in [2.75, 3.05) is 12.4 Å². The van der Waals surface area contributed by atoms with Crippen molar-refractivity contribution < 1.29 is 13.9 Å². The van der Waals surface area contributed by atoms with Gasteiger partial charge in [-0.05, 0) is 49.2 Å². The van der Waals surface area contributed by atoms with Gasteiger partial charge in [0.2, 0.25) is 0 Å². The summed E-state index contributed by atoms with van der Waals surface area (Å²) in [6, 6.07) is 13.5. The number of nitrogens with one attached hydrogen (secondary N) is 1. The number of fused-ring (bicyclic) bond motifs is 2. The third kappa shape index (κ3) is 3.06. The molecular formula is C23H21N3O3S. The minimum absolute atomic E-state index is 0.238. The molecule has 0 radical (unpaired) electrons. The van der Waals surface area contributed by atoms with Crippen molar-refractivity contribution in [1.29, 1.82) is 0 Å². The minimum atomic E-state index is -0.307. The van der Waals surface area contributed by atoms with Crippen LogP contribution in [0.2, 0.25) is 0 Å². The van der Waals surface area contributed by atoms with Crippen molar-refractivity contribution in [3.63, 3.8) is 0 Å². The van der Waals surface area contributed by atoms with Gasteiger partial charge in [0, 0.05) is 22.5 Å². The number of para-hydroxylation sites is 1. The molecular weight excluding hydrogens is 398 g/mol. The molecule has 5 rings (SSSR count). The van der Waals surface area contributed by atoms with Crippen molar-refractivity contribution >= 4 is 34.5 Å². The first-order valence-corrected chi connectivity index (χ1v) is 10.8. The lowest BCUT2D eigenvalue weighted by atomic mass is 10.1. The summed E-state index contributed by atoms with van der Waals surface area (Å²) in [7, 11) is 1.58. The third-order valence-corrected chi connectivity index (χ3v) is 6.44. The zero-order valence-corrected chi connectivity index (χ0v) is 17.8. The number of anilines is 1. The van der Waals surface area contributed by atoms with Crippen LogP contribution in [0.4, 0.5) is 5.82 Å². The number of aryl methyl sites for hydroxylation is 2. The topological polar surface area (TPSA) is 69.3 Å². The molecule has 0 aliphatic carbocycles. The number of nitrogens with zero attached hydrogens (tertiary/aromatic N) is 2. The number of amides is 1. The Morgan fingerprint density at radius 3 is 2.83 bits per heavy atom. The van der Waals surface area contributed by atoms with Gasteiger partial charge < -0.3 is 14.5 Å². The van der Waals surface area contributed by atoms with E-state index < -0.39 is 0 Å². The number of benzene rings is 2. The third-order valence-electron chi connectivity index (χ3n) is 5.47. The lowest BCUT2D eigenvalue weighted by molar-refractivity contribution is 0.0997. The Bertz CT molecular complexity index is 1290. The number of carbonyl (C=O) groups is 1. The summed E-state index contributed by atoms with van der Waals surface area (Å²) < 4.78 is 13.0. The Labute approximate surface area is 178 Å². The van der Waals surface area contributed by atoms with E-state index in [0.717, 1.165) is 33.8 Å². The van der Waals surface area contributed by atoms with Crippen LogP contribution in [0.15, 0.2) is 46.9 Å². The average Bonchev–Trinajstić information content (AvgIpc) is 3.45. The Hall–Kier alpha value is -3.19. The second-order valence-electron chi connectivity index (χ2n) is 7.39. The monoisotopic (exact) mass is 419 g/mol. The first-order chi connectivity index (χ1) is 14.5. The molecule has 0 fully saturated rings. The molecule has 0 unspecified atom stereocenters. The van der Waals surface area contributed by atoms with Gasteiger partial charge in [0.1, 0.15) is 5.82 Å². The molecule has 2 aromatic heterocycles. The summed E-state index contributed by atoms with van der Waals surface area (Å²) in [5.41, 5.74) is 5.97. The van der Waals surface area contributed by atoms with Gasteiger partial charge in [-0.25, -0.2) is 4.68 Å². The number of thioether (sulfide) groups is 1. The summed E-state index contributed by atoms with van der Waals surface area (Å²) in [4.78, 5) is 13.1. The molecule has 3 heterocycles. The van der Waals surface area contributed by atoms with Crippen LogP contribution in [0.5, 0.6) is 5.75 Å². The molecule has 152 valence electrons. The Morgan fingerprint density at radius 1 is 1.17 bits per heavy atom. The van der Waals surface area contributed by atoms with E-state index in [4.69, 9.17) is 14.3 Å². The largest absolute Gasteiger partial charge is 0.493 e. The zero-order chi connectivity index (χ0) is 20.8. The average molecular weight is 420 g/mol. The molecule has 30 heavy (non-hydrogen) atoms. The standard InChI is InChI=1S/C23H21N3O3S/c1-13-7-8-16(9-14(13)2)26-22(17-11-30-12-18(17)25-26)24-23(27)20-10-15-5-4-6-19(28-3)21(15)29-20/h4-10H,11-12H2,1-3H3,(H,24,27). The van der Waals surface area contributed by atoms with Crippen LogP contribution in [-0.2, 0) is 11.5 Å². The maximum atomic E-state index is 13.1. The number of aromatic nitrogens is 2. The Kier molecular flexibility index (Phi) is 4.55. The van der Waals surface area contributed by atoms with Gasteiger partial charge in [0.25, 0.3) is 5.91 Å². The van der Waals surface area contributed by atoms with Crippen LogP contribution in [0.3, 0.4) is 0 Å². The molecule has 0 saturated carbocycles. The normalized spacial score (nSPS) is 12.9. The highest BCUT2D eigenvalue weighted by molar-refractivity contribution is 7.98. The van der Waals surface area contributed by atoms with Crippen LogP contribution in [0.1, 0.15) is 32.9 Å². The molecule has 1 aliphatic heterocycles. The number of carbonyl (C=O) groups excluding carboxylic acids is 1. The van der Waals surface area contributed by atoms with E-state index in [1.54, 1.807) is 24.9 Å². The summed E-state index contributed by atoms with van der Waals surface area (Å²) in [5, 5.41) is 8.65. The lowest BCUT2D eigenvalue weighted by Crippen LogP contribution is -2.15. The SMILES string of the molecule is COc1cccc2cc(C(=O)Nc3c4c(nn3-c3ccc(C)c(C)c3)CSC4)oc12. The first-order valence-electron chi connectivity index (χ1n) is 9.69. The van der Waals surface area contributed by atoms with Crippen LogP contribution in [0.25, 0.3) is 16.7 Å². The van der Waals surface area contributed by atoms with Gasteiger partial charge in [-0.15, -0.1) is 0 Å². The van der Waals surface area contributed by atoms with Crippen LogP contribution in [0, 0.1) is 13.8 Å². The summed E-state index contributed by atoms with van der Waals surface area (Å²) in [6.45, 7) is 4.16. The van der Waals surface area contributed by atoms with Crippen molar-refractivity contribution in [1.82, 2.24) is 9.78 Å². The zero-order valence-electron chi connectivity index (χ0n) is 17.0. The molecule has 7 heteroatoms. The summed E-state index contributed by atoms with van der Waals surface area (Å²) >= 11 is 1.80. The van der Waals surface area contributed by atoms with Crippen molar-refractivity contribution in [3.05, 3.63) is 70.6 Å². The highest BCUT2D eigenvalue weighted by atomic mass is 32.2. The molecule has 6 nitrogen and oxygen atoms in total. The lowest BCUT2D eigenvalue weighted by Gasteiger charge is -2.11. The van der Waals surface area contributed by atoms with Gasteiger partial charge in [-0.2, -0.15) is 16.9 Å². The van der Waals surface area contributed by atoms with Gasteiger partial charge in [0.05, 0.1) is 18.5 Å². The van der Waals surface area contributed by atoms with Gasteiger partial charge >= 0.3 is 0 Å². The van der Waals surface area contributed by atoms with Crippen molar-refractivity contribution in [2.24, 2.45) is 0 Å². The maximum Gasteiger partial charge on any atom is 0.292 e. The van der Waals surface area contributed by atoms with Gasteiger partial charge in [-0.1, -0.05) is 18.2 Å². The molecule has 0 spiro atoms. The smallest absolute Gasteiger partial charge is 0.292 e. The van der Waals surface area contributed by atoms with E-state index in [2.05, 4.69) is 31.3 Å². The van der Waals surface area contributed by atoms with Crippen molar-refractivity contribution in [3.8, 4) is 11.4 Å². The van der Waals surface area contributed by atoms with E-state index in [1.165, 1.54) is 11.1 Å². The molecule has 4 aromatic rings. The fourth-order valence-corrected chi connectivity index (χ4v) is 4.70. The minimum Gasteiger partial charge on any atom is -0.493 e. The summed E-state index contributed by atoms with van der Waals surface area (Å²) in [6.07, 6.45) is 0. The van der Waals surface area contributed by atoms with Crippen LogP contribution < -0.4 is 10.1 Å². The summed E-state index contributed by atoms with van der Waals surface area (Å²) in [5.74, 6) is 2.90. The Balaban J connectivity index is 1.54.